The van der Waals surface area contributed by atoms with Crippen LogP contribution in [0.5, 0.6) is 0 Å². The van der Waals surface area contributed by atoms with Crippen molar-refractivity contribution in [3.63, 3.8) is 0 Å². The van der Waals surface area contributed by atoms with Gasteiger partial charge in [-0.15, -0.1) is 0 Å². The third-order valence-electron chi connectivity index (χ3n) is 8.58. The highest BCUT2D eigenvalue weighted by Crippen LogP contribution is 2.49. The minimum atomic E-state index is -0.188. The molecule has 3 heteroatoms. The molecule has 0 fully saturated rings. The van der Waals surface area contributed by atoms with Gasteiger partial charge in [-0.3, -0.25) is 0 Å². The standard InChI is InChI=1S/C39H30N3/c1-39(2)22-21-33-36(30-24-28(26-13-5-3-6-14-26)23-29(25-30)27-15-7-4-8-16-27)40-38(41-37(33)39)42-34-19-11-9-17-31(34)32-18-10-12-20-35(32)42/h3-25,36H,1-2H3/q-1. The van der Waals surface area contributed by atoms with E-state index in [-0.39, 0.29) is 11.5 Å². The molecule has 0 amide bonds. The number of benzene rings is 5. The summed E-state index contributed by atoms with van der Waals surface area (Å²) in [5, 5.41) is 7.90. The second kappa shape index (κ2) is 9.46. The number of hydrogen-bond donors (Lipinski definition) is 0. The van der Waals surface area contributed by atoms with Crippen LogP contribution >= 0.6 is 0 Å². The van der Waals surface area contributed by atoms with Gasteiger partial charge in [0.2, 0.25) is 0 Å². The first-order valence-corrected chi connectivity index (χ1v) is 14.5. The van der Waals surface area contributed by atoms with E-state index < -0.39 is 0 Å². The topological polar surface area (TPSA) is 31.4 Å². The zero-order chi connectivity index (χ0) is 28.3. The molecule has 0 bridgehead atoms. The predicted octanol–water partition coefficient (Wildman–Crippen LogP) is 10.3. The summed E-state index contributed by atoms with van der Waals surface area (Å²) >= 11 is 0. The average Bonchev–Trinajstić information content (AvgIpc) is 3.55. The van der Waals surface area contributed by atoms with Crippen LogP contribution in [0.1, 0.15) is 25.5 Å². The summed E-state index contributed by atoms with van der Waals surface area (Å²) in [6.45, 7) is 4.49. The van der Waals surface area contributed by atoms with Crippen LogP contribution in [-0.2, 0) is 0 Å². The van der Waals surface area contributed by atoms with Crippen LogP contribution in [0.4, 0.5) is 0 Å². The maximum absolute atomic E-state index is 5.48. The zero-order valence-electron chi connectivity index (χ0n) is 23.7. The van der Waals surface area contributed by atoms with Crippen molar-refractivity contribution in [3.05, 3.63) is 162 Å². The van der Waals surface area contributed by atoms with Crippen molar-refractivity contribution in [2.24, 2.45) is 10.4 Å². The molecule has 0 radical (unpaired) electrons. The molecule has 3 nitrogen and oxygen atoms in total. The molecule has 1 atom stereocenters. The molecule has 1 aromatic heterocycles. The number of rotatable bonds is 3. The van der Waals surface area contributed by atoms with Crippen molar-refractivity contribution in [2.75, 3.05) is 0 Å². The van der Waals surface area contributed by atoms with E-state index in [1.807, 2.05) is 0 Å². The molecule has 1 unspecified atom stereocenters. The van der Waals surface area contributed by atoms with Crippen LogP contribution in [0.3, 0.4) is 0 Å². The Morgan fingerprint density at radius 1 is 0.619 bits per heavy atom. The van der Waals surface area contributed by atoms with E-state index in [4.69, 9.17) is 10.3 Å². The molecule has 2 aliphatic rings. The summed E-state index contributed by atoms with van der Waals surface area (Å²) in [5.41, 5.74) is 10.2. The predicted molar refractivity (Wildman–Crippen MR) is 176 cm³/mol. The highest BCUT2D eigenvalue weighted by molar-refractivity contribution is 6.16. The smallest absolute Gasteiger partial charge is 0.0429 e. The third kappa shape index (κ3) is 3.93. The average molecular weight is 541 g/mol. The van der Waals surface area contributed by atoms with E-state index in [0.29, 0.717) is 0 Å². The van der Waals surface area contributed by atoms with E-state index in [0.717, 1.165) is 22.7 Å². The molecular formula is C39H30N3-. The van der Waals surface area contributed by atoms with Gasteiger partial charge in [-0.2, -0.15) is 0 Å². The SMILES string of the molecule is CC1(C)C=CC2=C1N=C(n1c3ccccc3c3ccccc31)[N-]C2c1cc(-c2ccccc2)cc(-c2ccccc2)c1. The number of nitrogens with zero attached hydrogens (tertiary/aromatic N) is 3. The highest BCUT2D eigenvalue weighted by atomic mass is 15.2. The van der Waals surface area contributed by atoms with Crippen LogP contribution in [0.2, 0.25) is 0 Å². The second-order valence-corrected chi connectivity index (χ2v) is 11.7. The summed E-state index contributed by atoms with van der Waals surface area (Å²) in [6.07, 6.45) is 4.52. The Hall–Kier alpha value is -5.15. The molecule has 0 N–H and O–H groups in total. The Balaban J connectivity index is 1.35. The summed E-state index contributed by atoms with van der Waals surface area (Å²) in [4.78, 5) is 5.31. The number of fused-ring (bicyclic) bond motifs is 3. The van der Waals surface area contributed by atoms with E-state index in [9.17, 15) is 0 Å². The molecule has 0 saturated heterocycles. The zero-order valence-corrected chi connectivity index (χ0v) is 23.7. The van der Waals surface area contributed by atoms with Crippen molar-refractivity contribution < 1.29 is 0 Å². The van der Waals surface area contributed by atoms with E-state index >= 15 is 0 Å². The van der Waals surface area contributed by atoms with Gasteiger partial charge in [0.15, 0.2) is 0 Å². The van der Waals surface area contributed by atoms with Crippen molar-refractivity contribution in [1.82, 2.24) is 4.57 Å². The second-order valence-electron chi connectivity index (χ2n) is 11.7. The fourth-order valence-electron chi connectivity index (χ4n) is 6.48. The maximum Gasteiger partial charge on any atom is 0.0429 e. The van der Waals surface area contributed by atoms with Gasteiger partial charge < -0.3 is 14.9 Å². The number of aromatic nitrogens is 1. The minimum absolute atomic E-state index is 0.184. The summed E-state index contributed by atoms with van der Waals surface area (Å²) in [6, 6.07) is 45.1. The van der Waals surface area contributed by atoms with E-state index in [1.54, 1.807) is 0 Å². The third-order valence-corrected chi connectivity index (χ3v) is 8.58. The molecule has 0 spiro atoms. The number of aliphatic imine (C=N–C) groups is 1. The van der Waals surface area contributed by atoms with Crippen LogP contribution in [0.15, 0.2) is 156 Å². The van der Waals surface area contributed by atoms with Gasteiger partial charge in [0.25, 0.3) is 0 Å². The normalized spacial score (nSPS) is 17.4. The lowest BCUT2D eigenvalue weighted by Crippen LogP contribution is -2.22. The lowest BCUT2D eigenvalue weighted by Gasteiger charge is -2.37. The largest absolute Gasteiger partial charge is 0.381 e. The highest BCUT2D eigenvalue weighted by Gasteiger charge is 2.32. The molecule has 1 aliphatic heterocycles. The van der Waals surface area contributed by atoms with Gasteiger partial charge in [0.1, 0.15) is 0 Å². The van der Waals surface area contributed by atoms with E-state index in [2.05, 4.69) is 158 Å². The Labute approximate surface area is 246 Å². The van der Waals surface area contributed by atoms with Crippen molar-refractivity contribution in [2.45, 2.75) is 19.9 Å². The first-order chi connectivity index (χ1) is 20.6. The fraction of sp³-hybridized carbons (Fsp3) is 0.103. The van der Waals surface area contributed by atoms with Crippen LogP contribution in [0.25, 0.3) is 49.4 Å². The monoisotopic (exact) mass is 540 g/mol. The van der Waals surface area contributed by atoms with Gasteiger partial charge in [0.05, 0.1) is 0 Å². The van der Waals surface area contributed by atoms with Crippen molar-refractivity contribution in [3.8, 4) is 22.3 Å². The van der Waals surface area contributed by atoms with Gasteiger partial charge in [-0.05, 0) is 79.1 Å². The lowest BCUT2D eigenvalue weighted by atomic mass is 9.87. The van der Waals surface area contributed by atoms with E-state index in [1.165, 1.54) is 44.2 Å². The fourth-order valence-corrected chi connectivity index (χ4v) is 6.48. The summed E-state index contributed by atoms with van der Waals surface area (Å²) < 4.78 is 2.25. The quantitative estimate of drug-likeness (QED) is 0.214. The Morgan fingerprint density at radius 3 is 1.71 bits per heavy atom. The molecule has 42 heavy (non-hydrogen) atoms. The Morgan fingerprint density at radius 2 is 1.14 bits per heavy atom. The van der Waals surface area contributed by atoms with Gasteiger partial charge >= 0.3 is 0 Å². The van der Waals surface area contributed by atoms with Crippen molar-refractivity contribution in [1.29, 1.82) is 0 Å². The minimum Gasteiger partial charge on any atom is -0.381 e. The summed E-state index contributed by atoms with van der Waals surface area (Å²) in [7, 11) is 0. The van der Waals surface area contributed by atoms with Gasteiger partial charge in [0, 0.05) is 17.4 Å². The molecular weight excluding hydrogens is 510 g/mol. The van der Waals surface area contributed by atoms with Crippen LogP contribution in [-0.4, -0.2) is 10.5 Å². The van der Waals surface area contributed by atoms with Gasteiger partial charge in [-0.25, -0.2) is 0 Å². The number of para-hydroxylation sites is 2. The van der Waals surface area contributed by atoms with Crippen molar-refractivity contribution >= 4 is 27.8 Å². The molecule has 8 rings (SSSR count). The molecule has 1 aliphatic carbocycles. The first kappa shape index (κ1) is 24.6. The summed E-state index contributed by atoms with van der Waals surface area (Å²) in [5.74, 6) is 0.735. The first-order valence-electron chi connectivity index (χ1n) is 14.5. The molecule has 6 aromatic rings. The lowest BCUT2D eigenvalue weighted by molar-refractivity contribution is 0.575. The van der Waals surface area contributed by atoms with Crippen LogP contribution in [0, 0.1) is 5.41 Å². The Bertz CT molecular complexity index is 1960. The molecule has 2 heterocycles. The van der Waals surface area contributed by atoms with Crippen LogP contribution < -0.4 is 0 Å². The molecule has 202 valence electrons. The number of allylic oxidation sites excluding steroid dienone is 1. The molecule has 0 saturated carbocycles. The Kier molecular flexibility index (Phi) is 5.55. The molecule has 5 aromatic carbocycles. The van der Waals surface area contributed by atoms with Gasteiger partial charge in [-0.1, -0.05) is 135 Å². The number of hydrogen-bond acceptors (Lipinski definition) is 1. The maximum atomic E-state index is 5.48.